The van der Waals surface area contributed by atoms with Crippen LogP contribution >= 0.6 is 0 Å². The summed E-state index contributed by atoms with van der Waals surface area (Å²) in [6.45, 7) is 8.50. The fourth-order valence-corrected chi connectivity index (χ4v) is 3.83. The van der Waals surface area contributed by atoms with Gasteiger partial charge >= 0.3 is 0 Å². The van der Waals surface area contributed by atoms with E-state index in [9.17, 15) is 4.79 Å². The molecule has 36 heavy (non-hydrogen) atoms. The Bertz CT molecular complexity index is 1280. The second-order valence-corrected chi connectivity index (χ2v) is 8.15. The Labute approximate surface area is 210 Å². The normalized spacial score (nSPS) is 11.1. The molecular formula is C26H32N8O2. The monoisotopic (exact) mass is 488 g/mol. The molecule has 0 atom stereocenters. The van der Waals surface area contributed by atoms with E-state index in [0.717, 1.165) is 42.3 Å². The average molecular weight is 489 g/mol. The largest absolute Gasteiger partial charge is 0.492 e. The highest BCUT2D eigenvalue weighted by atomic mass is 16.5. The summed E-state index contributed by atoms with van der Waals surface area (Å²) in [5.74, 6) is 1.71. The fourth-order valence-electron chi connectivity index (χ4n) is 3.83. The quantitative estimate of drug-likeness (QED) is 0.278. The minimum Gasteiger partial charge on any atom is -0.492 e. The smallest absolute Gasteiger partial charge is 0.254 e. The predicted molar refractivity (Wildman–Crippen MR) is 141 cm³/mol. The summed E-state index contributed by atoms with van der Waals surface area (Å²) in [6.07, 6.45) is 1.47. The Morgan fingerprint density at radius 1 is 1.11 bits per heavy atom. The van der Waals surface area contributed by atoms with Crippen molar-refractivity contribution in [2.75, 3.05) is 44.6 Å². The summed E-state index contributed by atoms with van der Waals surface area (Å²) in [6, 6.07) is 16.9. The zero-order valence-electron chi connectivity index (χ0n) is 20.6. The van der Waals surface area contributed by atoms with Crippen molar-refractivity contribution in [1.29, 1.82) is 0 Å². The van der Waals surface area contributed by atoms with Gasteiger partial charge in [-0.25, -0.2) is 0 Å². The second kappa shape index (κ2) is 12.1. The fraction of sp³-hybridized carbons (Fsp3) is 0.308. The number of nitrogens with two attached hydrogens (primary N) is 1. The summed E-state index contributed by atoms with van der Waals surface area (Å²) in [4.78, 5) is 23.6. The lowest BCUT2D eigenvalue weighted by Gasteiger charge is -2.18. The molecule has 0 saturated heterocycles. The molecule has 10 heteroatoms. The molecular weight excluding hydrogens is 456 g/mol. The Morgan fingerprint density at radius 3 is 2.67 bits per heavy atom. The first-order valence-electron chi connectivity index (χ1n) is 12.1. The Balaban J connectivity index is 1.49. The molecule has 0 saturated carbocycles. The number of aromatic nitrogens is 4. The van der Waals surface area contributed by atoms with Gasteiger partial charge in [0.2, 0.25) is 0 Å². The molecule has 4 rings (SSSR count). The predicted octanol–water partition coefficient (Wildman–Crippen LogP) is 2.94. The minimum atomic E-state index is -0.0873. The molecule has 0 bridgehead atoms. The molecule has 1 amide bonds. The van der Waals surface area contributed by atoms with Gasteiger partial charge in [-0.1, -0.05) is 26.0 Å². The van der Waals surface area contributed by atoms with Crippen LogP contribution in [0, 0.1) is 0 Å². The molecule has 10 nitrogen and oxygen atoms in total. The lowest BCUT2D eigenvalue weighted by atomic mass is 10.1. The molecule has 0 aliphatic carbocycles. The first-order chi connectivity index (χ1) is 17.6. The maximum absolute atomic E-state index is 12.5. The molecule has 4 aromatic rings. The van der Waals surface area contributed by atoms with E-state index in [1.165, 1.54) is 6.33 Å². The number of ether oxygens (including phenoxy) is 1. The van der Waals surface area contributed by atoms with Gasteiger partial charge in [0.25, 0.3) is 11.7 Å². The summed E-state index contributed by atoms with van der Waals surface area (Å²) in [7, 11) is 0. The zero-order valence-corrected chi connectivity index (χ0v) is 20.6. The molecule has 0 unspecified atom stereocenters. The number of fused-ring (bicyclic) bond motifs is 1. The lowest BCUT2D eigenvalue weighted by molar-refractivity contribution is 0.0949. The van der Waals surface area contributed by atoms with Crippen LogP contribution in [0.15, 0.2) is 60.9 Å². The highest BCUT2D eigenvalue weighted by Gasteiger charge is 2.12. The van der Waals surface area contributed by atoms with Crippen molar-refractivity contribution in [1.82, 2.24) is 29.8 Å². The van der Waals surface area contributed by atoms with Gasteiger partial charge < -0.3 is 26.0 Å². The van der Waals surface area contributed by atoms with Crippen molar-refractivity contribution >= 4 is 23.2 Å². The van der Waals surface area contributed by atoms with Crippen LogP contribution in [0.3, 0.4) is 0 Å². The van der Waals surface area contributed by atoms with E-state index in [4.69, 9.17) is 10.5 Å². The average Bonchev–Trinajstić information content (AvgIpc) is 3.39. The number of amides is 1. The maximum atomic E-state index is 12.5. The Hall–Kier alpha value is -4.02. The van der Waals surface area contributed by atoms with E-state index in [1.807, 2.05) is 42.5 Å². The van der Waals surface area contributed by atoms with Gasteiger partial charge in [-0.05, 0) is 49.5 Å². The third-order valence-electron chi connectivity index (χ3n) is 5.80. The molecule has 0 aliphatic rings. The van der Waals surface area contributed by atoms with Crippen molar-refractivity contribution in [2.24, 2.45) is 5.73 Å². The third kappa shape index (κ3) is 6.15. The number of anilines is 2. The van der Waals surface area contributed by atoms with Crippen LogP contribution in [-0.2, 0) is 0 Å². The van der Waals surface area contributed by atoms with Crippen molar-refractivity contribution < 1.29 is 9.53 Å². The molecule has 188 valence electrons. The molecule has 0 spiro atoms. The highest BCUT2D eigenvalue weighted by molar-refractivity contribution is 5.94. The van der Waals surface area contributed by atoms with E-state index < -0.39 is 0 Å². The van der Waals surface area contributed by atoms with Gasteiger partial charge in [0, 0.05) is 42.5 Å². The lowest BCUT2D eigenvalue weighted by Crippen LogP contribution is -2.34. The second-order valence-electron chi connectivity index (χ2n) is 8.15. The number of likely N-dealkylation sites (N-methyl/N-ethyl adjacent to an activating group) is 1. The van der Waals surface area contributed by atoms with E-state index in [-0.39, 0.29) is 5.91 Å². The SMILES string of the molecule is CCN(CC)CCNC(=O)c1ccc(Nc2cc(-c3cccc(OCCN)c3)n3ncnc3n2)cc1. The first kappa shape index (κ1) is 25.1. The molecule has 0 radical (unpaired) electrons. The van der Waals surface area contributed by atoms with Crippen LogP contribution in [0.1, 0.15) is 24.2 Å². The summed E-state index contributed by atoms with van der Waals surface area (Å²) in [5.41, 5.74) is 8.68. The number of hydrogen-bond acceptors (Lipinski definition) is 8. The van der Waals surface area contributed by atoms with Crippen molar-refractivity contribution in [2.45, 2.75) is 13.8 Å². The number of nitrogens with zero attached hydrogens (tertiary/aromatic N) is 5. The van der Waals surface area contributed by atoms with Gasteiger partial charge in [0.05, 0.1) is 5.69 Å². The standard InChI is InChI=1S/C26H32N8O2/c1-3-33(4-2)14-13-28-25(35)19-8-10-21(11-9-19)31-24-17-23(34-26(32-24)29-18-30-34)20-6-5-7-22(16-20)36-15-12-27/h5-11,16-18H,3-4,12-15,27H2,1-2H3,(H,28,35)(H,29,30,31,32). The number of hydrogen-bond donors (Lipinski definition) is 3. The van der Waals surface area contributed by atoms with Crippen LogP contribution in [0.5, 0.6) is 5.75 Å². The number of carbonyl (C=O) groups excluding carboxylic acids is 1. The third-order valence-corrected chi connectivity index (χ3v) is 5.80. The molecule has 4 N–H and O–H groups in total. The summed E-state index contributed by atoms with van der Waals surface area (Å²) < 4.78 is 7.36. The van der Waals surface area contributed by atoms with Gasteiger partial charge in [-0.2, -0.15) is 19.6 Å². The Morgan fingerprint density at radius 2 is 1.92 bits per heavy atom. The number of benzene rings is 2. The van der Waals surface area contributed by atoms with E-state index in [1.54, 1.807) is 16.6 Å². The summed E-state index contributed by atoms with van der Waals surface area (Å²) in [5, 5.41) is 10.6. The van der Waals surface area contributed by atoms with Crippen molar-refractivity contribution in [3.8, 4) is 17.0 Å². The van der Waals surface area contributed by atoms with Gasteiger partial charge in [-0.3, -0.25) is 4.79 Å². The molecule has 2 aromatic carbocycles. The highest BCUT2D eigenvalue weighted by Crippen LogP contribution is 2.27. The number of carbonyl (C=O) groups is 1. The molecule has 0 fully saturated rings. The topological polar surface area (TPSA) is 123 Å². The summed E-state index contributed by atoms with van der Waals surface area (Å²) >= 11 is 0. The molecule has 2 heterocycles. The van der Waals surface area contributed by atoms with Crippen LogP contribution in [0.25, 0.3) is 17.0 Å². The number of rotatable bonds is 12. The van der Waals surface area contributed by atoms with Crippen LogP contribution in [-0.4, -0.2) is 69.7 Å². The maximum Gasteiger partial charge on any atom is 0.254 e. The van der Waals surface area contributed by atoms with Crippen LogP contribution in [0.4, 0.5) is 11.5 Å². The van der Waals surface area contributed by atoms with Crippen molar-refractivity contribution in [3.63, 3.8) is 0 Å². The van der Waals surface area contributed by atoms with Gasteiger partial charge in [-0.15, -0.1) is 0 Å². The van der Waals surface area contributed by atoms with E-state index in [2.05, 4.69) is 44.4 Å². The van der Waals surface area contributed by atoms with E-state index >= 15 is 0 Å². The van der Waals surface area contributed by atoms with Crippen molar-refractivity contribution in [3.05, 3.63) is 66.5 Å². The molecule has 2 aromatic heterocycles. The van der Waals surface area contributed by atoms with E-state index in [0.29, 0.717) is 36.9 Å². The van der Waals surface area contributed by atoms with Gasteiger partial charge in [0.15, 0.2) is 0 Å². The molecule has 0 aliphatic heterocycles. The first-order valence-corrected chi connectivity index (χ1v) is 12.1. The zero-order chi connectivity index (χ0) is 25.3. The van der Waals surface area contributed by atoms with Crippen LogP contribution in [0.2, 0.25) is 0 Å². The number of nitrogens with one attached hydrogen (secondary N) is 2. The minimum absolute atomic E-state index is 0.0873. The van der Waals surface area contributed by atoms with Crippen LogP contribution < -0.4 is 21.1 Å². The van der Waals surface area contributed by atoms with Gasteiger partial charge in [0.1, 0.15) is 24.5 Å². The Kier molecular flexibility index (Phi) is 8.43.